The van der Waals surface area contributed by atoms with Crippen LogP contribution in [-0.4, -0.2) is 34.5 Å². The molecule has 0 saturated carbocycles. The largest absolute Gasteiger partial charge is 0.480 e. The van der Waals surface area contributed by atoms with Crippen LogP contribution in [0, 0.1) is 5.82 Å². The lowest BCUT2D eigenvalue weighted by molar-refractivity contribution is -0.148. The molecular weight excluding hydrogens is 249 g/mol. The number of carboxylic acid groups (broad SMARTS) is 1. The molecule has 102 valence electrons. The number of aryl methyl sites for hydroxylation is 1. The van der Waals surface area contributed by atoms with Gasteiger partial charge in [-0.25, -0.2) is 9.18 Å². The lowest BCUT2D eigenvalue weighted by Crippen LogP contribution is -2.40. The zero-order valence-electron chi connectivity index (χ0n) is 10.5. The molecule has 0 spiro atoms. The minimum Gasteiger partial charge on any atom is -0.480 e. The maximum absolute atomic E-state index is 12.7. The summed E-state index contributed by atoms with van der Waals surface area (Å²) in [5.74, 6) is -1.39. The summed E-state index contributed by atoms with van der Waals surface area (Å²) in [6, 6.07) is 5.31. The van der Waals surface area contributed by atoms with Gasteiger partial charge in [0.2, 0.25) is 5.91 Å². The van der Waals surface area contributed by atoms with Gasteiger partial charge in [0.05, 0.1) is 0 Å². The summed E-state index contributed by atoms with van der Waals surface area (Å²) >= 11 is 0. The van der Waals surface area contributed by atoms with Gasteiger partial charge in [0.15, 0.2) is 0 Å². The number of carbonyl (C=O) groups excluding carboxylic acids is 1. The Bertz CT molecular complexity index is 472. The fourth-order valence-corrected chi connectivity index (χ4v) is 2.37. The molecule has 0 aromatic heterocycles. The van der Waals surface area contributed by atoms with E-state index in [0.717, 1.165) is 12.0 Å². The minimum atomic E-state index is -0.937. The molecule has 0 bridgehead atoms. The third kappa shape index (κ3) is 3.30. The summed E-state index contributed by atoms with van der Waals surface area (Å²) in [7, 11) is 0. The van der Waals surface area contributed by atoms with Crippen molar-refractivity contribution in [3.05, 3.63) is 35.6 Å². The van der Waals surface area contributed by atoms with Crippen molar-refractivity contribution in [1.82, 2.24) is 4.90 Å². The second-order valence-corrected chi connectivity index (χ2v) is 4.71. The average Bonchev–Trinajstić information content (AvgIpc) is 2.87. The van der Waals surface area contributed by atoms with E-state index in [9.17, 15) is 14.0 Å². The lowest BCUT2D eigenvalue weighted by atomic mass is 10.1. The molecule has 1 aromatic rings. The smallest absolute Gasteiger partial charge is 0.326 e. The van der Waals surface area contributed by atoms with Gasteiger partial charge in [0.25, 0.3) is 0 Å². The maximum atomic E-state index is 12.7. The Hall–Kier alpha value is -1.91. The molecule has 1 aliphatic heterocycles. The summed E-state index contributed by atoms with van der Waals surface area (Å²) in [4.78, 5) is 24.4. The number of nitrogens with zero attached hydrogens (tertiary/aromatic N) is 1. The third-order valence-electron chi connectivity index (χ3n) is 3.40. The maximum Gasteiger partial charge on any atom is 0.326 e. The van der Waals surface area contributed by atoms with E-state index in [-0.39, 0.29) is 18.1 Å². The molecule has 1 N–H and O–H groups in total. The molecule has 0 aliphatic carbocycles. The first kappa shape index (κ1) is 13.5. The molecule has 1 aromatic carbocycles. The van der Waals surface area contributed by atoms with Crippen molar-refractivity contribution < 1.29 is 19.1 Å². The van der Waals surface area contributed by atoms with Crippen LogP contribution in [0.5, 0.6) is 0 Å². The van der Waals surface area contributed by atoms with Crippen LogP contribution in [0.25, 0.3) is 0 Å². The van der Waals surface area contributed by atoms with Crippen LogP contribution in [0.15, 0.2) is 24.3 Å². The molecular formula is C14H16FNO3. The van der Waals surface area contributed by atoms with Gasteiger partial charge in [0.1, 0.15) is 11.9 Å². The van der Waals surface area contributed by atoms with Crippen LogP contribution in [-0.2, 0) is 16.0 Å². The zero-order chi connectivity index (χ0) is 13.8. The molecule has 2 rings (SSSR count). The molecule has 0 radical (unpaired) electrons. The topological polar surface area (TPSA) is 57.6 Å². The van der Waals surface area contributed by atoms with Crippen LogP contribution in [0.3, 0.4) is 0 Å². The number of halogens is 1. The van der Waals surface area contributed by atoms with Crippen molar-refractivity contribution in [2.45, 2.75) is 31.7 Å². The van der Waals surface area contributed by atoms with Crippen molar-refractivity contribution in [1.29, 1.82) is 0 Å². The van der Waals surface area contributed by atoms with Gasteiger partial charge in [-0.2, -0.15) is 0 Å². The number of likely N-dealkylation sites (tertiary alicyclic amines) is 1. The second kappa shape index (κ2) is 5.82. The Morgan fingerprint density at radius 3 is 2.63 bits per heavy atom. The zero-order valence-corrected chi connectivity index (χ0v) is 10.5. The minimum absolute atomic E-state index is 0.144. The van der Waals surface area contributed by atoms with E-state index in [1.807, 2.05) is 0 Å². The number of aliphatic carboxylic acids is 1. The highest BCUT2D eigenvalue weighted by molar-refractivity contribution is 5.84. The van der Waals surface area contributed by atoms with Crippen molar-refractivity contribution in [2.75, 3.05) is 6.54 Å². The van der Waals surface area contributed by atoms with Gasteiger partial charge in [-0.1, -0.05) is 12.1 Å². The van der Waals surface area contributed by atoms with Gasteiger partial charge in [-0.15, -0.1) is 0 Å². The molecule has 5 heteroatoms. The Kier molecular flexibility index (Phi) is 4.14. The van der Waals surface area contributed by atoms with Gasteiger partial charge < -0.3 is 10.0 Å². The molecule has 19 heavy (non-hydrogen) atoms. The predicted octanol–water partition coefficient (Wildman–Crippen LogP) is 1.83. The highest BCUT2D eigenvalue weighted by atomic mass is 19.1. The number of amides is 1. The second-order valence-electron chi connectivity index (χ2n) is 4.71. The summed E-state index contributed by atoms with van der Waals surface area (Å²) in [5, 5.41) is 9.01. The van der Waals surface area contributed by atoms with Crippen LogP contribution in [0.2, 0.25) is 0 Å². The van der Waals surface area contributed by atoms with Crippen LogP contribution in [0.1, 0.15) is 24.8 Å². The van der Waals surface area contributed by atoms with Gasteiger partial charge in [0, 0.05) is 13.0 Å². The Morgan fingerprint density at radius 1 is 1.32 bits per heavy atom. The summed E-state index contributed by atoms with van der Waals surface area (Å²) in [6.45, 7) is 0.513. The average molecular weight is 265 g/mol. The molecule has 0 unspecified atom stereocenters. The normalized spacial score (nSPS) is 18.6. The van der Waals surface area contributed by atoms with Crippen LogP contribution in [0.4, 0.5) is 4.39 Å². The summed E-state index contributed by atoms with van der Waals surface area (Å²) in [6.07, 6.45) is 2.02. The van der Waals surface area contributed by atoms with E-state index >= 15 is 0 Å². The number of hydrogen-bond donors (Lipinski definition) is 1. The quantitative estimate of drug-likeness (QED) is 0.903. The predicted molar refractivity (Wildman–Crippen MR) is 67.1 cm³/mol. The van der Waals surface area contributed by atoms with Crippen LogP contribution < -0.4 is 0 Å². The highest BCUT2D eigenvalue weighted by Gasteiger charge is 2.33. The van der Waals surface area contributed by atoms with Crippen molar-refractivity contribution in [2.24, 2.45) is 0 Å². The highest BCUT2D eigenvalue weighted by Crippen LogP contribution is 2.19. The number of hydrogen-bond acceptors (Lipinski definition) is 2. The first-order valence-electron chi connectivity index (χ1n) is 6.34. The summed E-state index contributed by atoms with van der Waals surface area (Å²) in [5.41, 5.74) is 0.876. The van der Waals surface area contributed by atoms with E-state index in [1.54, 1.807) is 12.1 Å². The van der Waals surface area contributed by atoms with E-state index in [2.05, 4.69) is 0 Å². The number of carboxylic acids is 1. The molecule has 1 fully saturated rings. The van der Waals surface area contributed by atoms with Crippen molar-refractivity contribution in [3.63, 3.8) is 0 Å². The van der Waals surface area contributed by atoms with E-state index in [0.29, 0.717) is 19.4 Å². The molecule has 1 aliphatic rings. The third-order valence-corrected chi connectivity index (χ3v) is 3.40. The Balaban J connectivity index is 1.90. The van der Waals surface area contributed by atoms with Crippen molar-refractivity contribution >= 4 is 11.9 Å². The Morgan fingerprint density at radius 2 is 2.00 bits per heavy atom. The van der Waals surface area contributed by atoms with E-state index in [4.69, 9.17) is 5.11 Å². The van der Waals surface area contributed by atoms with Gasteiger partial charge >= 0.3 is 5.97 Å². The molecule has 1 heterocycles. The standard InChI is InChI=1S/C14H16FNO3/c15-11-6-3-10(4-7-11)5-8-13(17)16-9-1-2-12(16)14(18)19/h3-4,6-7,12H,1-2,5,8-9H2,(H,18,19)/t12-/m0/s1. The number of benzene rings is 1. The summed E-state index contributed by atoms with van der Waals surface area (Å²) < 4.78 is 12.7. The fourth-order valence-electron chi connectivity index (χ4n) is 2.37. The SMILES string of the molecule is O=C(O)[C@@H]1CCCN1C(=O)CCc1ccc(F)cc1. The first-order chi connectivity index (χ1) is 9.08. The molecule has 1 saturated heterocycles. The van der Waals surface area contributed by atoms with E-state index < -0.39 is 12.0 Å². The Labute approximate surface area is 110 Å². The number of rotatable bonds is 4. The molecule has 1 atom stereocenters. The molecule has 4 nitrogen and oxygen atoms in total. The van der Waals surface area contributed by atoms with E-state index in [1.165, 1.54) is 17.0 Å². The number of carbonyl (C=O) groups is 2. The van der Waals surface area contributed by atoms with Gasteiger partial charge in [-0.05, 0) is 37.0 Å². The lowest BCUT2D eigenvalue weighted by Gasteiger charge is -2.21. The van der Waals surface area contributed by atoms with Crippen molar-refractivity contribution in [3.8, 4) is 0 Å². The molecule has 1 amide bonds. The monoisotopic (exact) mass is 265 g/mol. The first-order valence-corrected chi connectivity index (χ1v) is 6.34. The fraction of sp³-hybridized carbons (Fsp3) is 0.429. The van der Waals surface area contributed by atoms with Gasteiger partial charge in [-0.3, -0.25) is 4.79 Å². The van der Waals surface area contributed by atoms with Crippen LogP contribution >= 0.6 is 0 Å².